The first kappa shape index (κ1) is 14.5. The van der Waals surface area contributed by atoms with Gasteiger partial charge in [0.25, 0.3) is 0 Å². The van der Waals surface area contributed by atoms with E-state index in [1.807, 2.05) is 10.8 Å². The van der Waals surface area contributed by atoms with E-state index in [0.717, 1.165) is 19.4 Å². The first-order valence-corrected chi connectivity index (χ1v) is 7.04. The van der Waals surface area contributed by atoms with Crippen LogP contribution >= 0.6 is 15.9 Å². The number of aromatic carboxylic acids is 1. The van der Waals surface area contributed by atoms with Gasteiger partial charge in [-0.3, -0.25) is 0 Å². The summed E-state index contributed by atoms with van der Waals surface area (Å²) >= 11 is 3.22. The molecule has 0 aliphatic heterocycles. The summed E-state index contributed by atoms with van der Waals surface area (Å²) in [7, 11) is 0. The fourth-order valence-corrected chi connectivity index (χ4v) is 2.12. The molecule has 0 bridgehead atoms. The van der Waals surface area contributed by atoms with Crippen molar-refractivity contribution in [3.05, 3.63) is 41.0 Å². The number of nitrogens with one attached hydrogen (secondary N) is 1. The molecule has 6 nitrogen and oxygen atoms in total. The lowest BCUT2D eigenvalue weighted by atomic mass is 10.2. The number of carboxylic acids is 1. The number of unbranched alkanes of at least 4 members (excludes halogenated alkanes) is 1. The van der Waals surface area contributed by atoms with Gasteiger partial charge in [0.05, 0.1) is 6.33 Å². The Labute approximate surface area is 125 Å². The van der Waals surface area contributed by atoms with Crippen LogP contribution in [0.15, 0.2) is 35.5 Å². The fraction of sp³-hybridized carbons (Fsp3) is 0.308. The number of hydrogen-bond acceptors (Lipinski definition) is 4. The van der Waals surface area contributed by atoms with Gasteiger partial charge in [0.15, 0.2) is 0 Å². The molecule has 2 rings (SSSR count). The predicted octanol–water partition coefficient (Wildman–Crippen LogP) is 2.63. The highest BCUT2D eigenvalue weighted by atomic mass is 79.9. The molecule has 0 saturated carbocycles. The second-order valence-corrected chi connectivity index (χ2v) is 5.20. The van der Waals surface area contributed by atoms with Crippen LogP contribution in [-0.4, -0.2) is 32.2 Å². The maximum Gasteiger partial charge on any atom is 0.339 e. The van der Waals surface area contributed by atoms with E-state index in [-0.39, 0.29) is 5.56 Å². The lowest BCUT2D eigenvalue weighted by Gasteiger charge is -2.09. The molecule has 0 fully saturated rings. The minimum atomic E-state index is -0.986. The first-order chi connectivity index (χ1) is 9.66. The normalized spacial score (nSPS) is 10.4. The Morgan fingerprint density at radius 3 is 3.00 bits per heavy atom. The molecule has 0 aliphatic rings. The molecule has 7 heteroatoms. The third kappa shape index (κ3) is 4.06. The fourth-order valence-electron chi connectivity index (χ4n) is 1.79. The van der Waals surface area contributed by atoms with Crippen LogP contribution in [0.1, 0.15) is 23.2 Å². The SMILES string of the molecule is O=C(O)c1cc(Br)cnc1NCCCCn1ccnc1. The summed E-state index contributed by atoms with van der Waals surface area (Å²) in [5, 5.41) is 12.2. The number of carboxylic acid groups (broad SMARTS) is 1. The van der Waals surface area contributed by atoms with E-state index in [1.165, 1.54) is 0 Å². The van der Waals surface area contributed by atoms with Crippen LogP contribution in [-0.2, 0) is 6.54 Å². The van der Waals surface area contributed by atoms with Gasteiger partial charge >= 0.3 is 5.97 Å². The number of hydrogen-bond donors (Lipinski definition) is 2. The zero-order valence-electron chi connectivity index (χ0n) is 10.8. The molecule has 0 atom stereocenters. The molecular formula is C13H15BrN4O2. The summed E-state index contributed by atoms with van der Waals surface area (Å²) in [6.45, 7) is 1.59. The molecule has 0 radical (unpaired) electrons. The second-order valence-electron chi connectivity index (χ2n) is 4.29. The summed E-state index contributed by atoms with van der Waals surface area (Å²) in [5.41, 5.74) is 0.175. The molecule has 0 aliphatic carbocycles. The largest absolute Gasteiger partial charge is 0.478 e. The molecule has 2 aromatic rings. The second kappa shape index (κ2) is 7.04. The number of anilines is 1. The van der Waals surface area contributed by atoms with Crippen LogP contribution in [0, 0.1) is 0 Å². The Morgan fingerprint density at radius 1 is 1.45 bits per heavy atom. The van der Waals surface area contributed by atoms with Gasteiger partial charge in [0.2, 0.25) is 0 Å². The Balaban J connectivity index is 1.80. The Morgan fingerprint density at radius 2 is 2.30 bits per heavy atom. The van der Waals surface area contributed by atoms with Gasteiger partial charge in [-0.25, -0.2) is 14.8 Å². The van der Waals surface area contributed by atoms with Gasteiger partial charge in [-0.15, -0.1) is 0 Å². The van der Waals surface area contributed by atoms with Crippen LogP contribution in [0.5, 0.6) is 0 Å². The van der Waals surface area contributed by atoms with Gasteiger partial charge in [0.1, 0.15) is 11.4 Å². The van der Waals surface area contributed by atoms with E-state index in [0.29, 0.717) is 16.8 Å². The summed E-state index contributed by atoms with van der Waals surface area (Å²) in [6, 6.07) is 1.54. The number of nitrogens with zero attached hydrogens (tertiary/aromatic N) is 3. The molecule has 0 unspecified atom stereocenters. The predicted molar refractivity (Wildman–Crippen MR) is 78.8 cm³/mol. The summed E-state index contributed by atoms with van der Waals surface area (Å²) in [5.74, 6) is -0.581. The molecule has 2 N–H and O–H groups in total. The summed E-state index contributed by atoms with van der Waals surface area (Å²) in [6.07, 6.45) is 8.96. The van der Waals surface area contributed by atoms with Crippen LogP contribution in [0.25, 0.3) is 0 Å². The zero-order valence-corrected chi connectivity index (χ0v) is 12.4. The van der Waals surface area contributed by atoms with Crippen molar-refractivity contribution in [2.24, 2.45) is 0 Å². The van der Waals surface area contributed by atoms with E-state index in [4.69, 9.17) is 5.11 Å². The first-order valence-electron chi connectivity index (χ1n) is 6.25. The van der Waals surface area contributed by atoms with Crippen LogP contribution < -0.4 is 5.32 Å². The van der Waals surface area contributed by atoms with E-state index in [1.54, 1.807) is 24.8 Å². The maximum atomic E-state index is 11.1. The van der Waals surface area contributed by atoms with Crippen molar-refractivity contribution >= 4 is 27.7 Å². The zero-order chi connectivity index (χ0) is 14.4. The molecule has 0 saturated heterocycles. The number of pyridine rings is 1. The molecule has 20 heavy (non-hydrogen) atoms. The number of carbonyl (C=O) groups is 1. The van der Waals surface area contributed by atoms with Crippen molar-refractivity contribution in [2.45, 2.75) is 19.4 Å². The smallest absolute Gasteiger partial charge is 0.339 e. The van der Waals surface area contributed by atoms with E-state index >= 15 is 0 Å². The van der Waals surface area contributed by atoms with Gasteiger partial charge in [-0.1, -0.05) is 0 Å². The Hall–Kier alpha value is -1.89. The van der Waals surface area contributed by atoms with Crippen molar-refractivity contribution < 1.29 is 9.90 Å². The van der Waals surface area contributed by atoms with E-state index in [2.05, 4.69) is 31.2 Å². The van der Waals surface area contributed by atoms with Crippen LogP contribution in [0.2, 0.25) is 0 Å². The number of aromatic nitrogens is 3. The van der Waals surface area contributed by atoms with Crippen molar-refractivity contribution in [3.8, 4) is 0 Å². The summed E-state index contributed by atoms with van der Waals surface area (Å²) < 4.78 is 2.67. The standard InChI is InChI=1S/C13H15BrN4O2/c14-10-7-11(13(19)20)12(17-8-10)16-3-1-2-5-18-6-4-15-9-18/h4,6-9H,1-3,5H2,(H,16,17)(H,19,20). The highest BCUT2D eigenvalue weighted by Crippen LogP contribution is 2.18. The molecule has 0 aromatic carbocycles. The topological polar surface area (TPSA) is 80.0 Å². The minimum absolute atomic E-state index is 0.175. The number of imidazole rings is 1. The number of rotatable bonds is 7. The Bertz CT molecular complexity index is 572. The van der Waals surface area contributed by atoms with Crippen LogP contribution in [0.4, 0.5) is 5.82 Å². The third-order valence-electron chi connectivity index (χ3n) is 2.78. The van der Waals surface area contributed by atoms with Gasteiger partial charge in [-0.05, 0) is 34.8 Å². The van der Waals surface area contributed by atoms with E-state index < -0.39 is 5.97 Å². The van der Waals surface area contributed by atoms with Crippen molar-refractivity contribution in [1.82, 2.24) is 14.5 Å². The monoisotopic (exact) mass is 338 g/mol. The molecular weight excluding hydrogens is 324 g/mol. The summed E-state index contributed by atoms with van der Waals surface area (Å²) in [4.78, 5) is 19.2. The highest BCUT2D eigenvalue weighted by Gasteiger charge is 2.11. The average molecular weight is 339 g/mol. The molecule has 0 spiro atoms. The van der Waals surface area contributed by atoms with Gasteiger partial charge in [-0.2, -0.15) is 0 Å². The maximum absolute atomic E-state index is 11.1. The van der Waals surface area contributed by atoms with E-state index in [9.17, 15) is 4.79 Å². The molecule has 106 valence electrons. The van der Waals surface area contributed by atoms with Gasteiger partial charge < -0.3 is 15.0 Å². The lowest BCUT2D eigenvalue weighted by molar-refractivity contribution is 0.0697. The molecule has 2 heterocycles. The van der Waals surface area contributed by atoms with Crippen molar-refractivity contribution in [1.29, 1.82) is 0 Å². The Kier molecular flexibility index (Phi) is 5.11. The van der Waals surface area contributed by atoms with Crippen LogP contribution in [0.3, 0.4) is 0 Å². The van der Waals surface area contributed by atoms with Gasteiger partial charge in [0, 0.05) is 36.2 Å². The lowest BCUT2D eigenvalue weighted by Crippen LogP contribution is -2.10. The highest BCUT2D eigenvalue weighted by molar-refractivity contribution is 9.10. The molecule has 2 aromatic heterocycles. The third-order valence-corrected chi connectivity index (χ3v) is 3.21. The quantitative estimate of drug-likeness (QED) is 0.758. The average Bonchev–Trinajstić information content (AvgIpc) is 2.92. The number of halogens is 1. The molecule has 0 amide bonds. The van der Waals surface area contributed by atoms with Crippen molar-refractivity contribution in [2.75, 3.05) is 11.9 Å². The van der Waals surface area contributed by atoms with Crippen molar-refractivity contribution in [3.63, 3.8) is 0 Å². The minimum Gasteiger partial charge on any atom is -0.478 e. The number of aryl methyl sites for hydroxylation is 1.